The topological polar surface area (TPSA) is 472 Å². The average Bonchev–Trinajstić information content (AvgIpc) is 0.810. The standard InChI is InChI=1S/C98H152N14O21/c1-9-16-23-30-37-46-55-127-79-54-45-44-53-72(79)92(120)107-100-86(114)68-87(115)101-109-95(123)75-63-76(83(131-59-50-41-34-27-20-13-5)66-82(75)130-58-49-40-33-26-19-12-4)96(124)111-104-90(118)70-91(119)105-112-98(126)78-64-77(84(132-60-51-42-35-28-21-14-6)67-85(78)133-61-52-43-36-29-22-15-7)97(125)110-103-89(117)69-88(116)102-108-94(122)74-62-73(93(121)106-99-71(8)113)80(128-56-47-38-31-24-17-10-2)65-81(74)129-57-48-39-32-25-18-11-3/h44-45,53-54,62-67H,9-43,46-52,55-61,68-70H2,1-8H3,(H,99,113)(H,100,114)(H,101,115)(H,102,116)(H,103,117)(H,104,118)(H,105,119)(H,106,121)(H,107,120)(H,108,122)(H,109,123)(H,110,125)(H,111,124)(H,112,126). The SMILES string of the molecule is CCCCCCCCOc1cc(OCCCCCCCC)c(C(=O)NNC(=O)CC(=O)NNC(=O)c2cc(C(=O)NNC(=O)CC(=O)NNC(=O)c3cc(C(=O)NNC(=O)CC(=O)NNC(=O)c4ccccc4OCCCCCCCC)c(OCCCCCCCC)cc3OCCCCCCCC)c(OCCCCCCCC)cc2OCCCCCCCC)cc1C(=O)NNC(C)=O. The highest BCUT2D eigenvalue weighted by atomic mass is 16.5. The maximum Gasteiger partial charge on any atom is 0.273 e. The third-order valence-corrected chi connectivity index (χ3v) is 21.3. The molecule has 0 heterocycles. The maximum absolute atomic E-state index is 14.4. The smallest absolute Gasteiger partial charge is 0.273 e. The summed E-state index contributed by atoms with van der Waals surface area (Å²) in [6, 6.07) is 14.0. The van der Waals surface area contributed by atoms with E-state index >= 15 is 0 Å². The molecule has 740 valence electrons. The molecule has 0 spiro atoms. The molecule has 4 aromatic carbocycles. The molecule has 0 aliphatic rings. The van der Waals surface area contributed by atoms with Gasteiger partial charge in [-0.2, -0.15) is 0 Å². The van der Waals surface area contributed by atoms with Crippen LogP contribution in [0.5, 0.6) is 40.2 Å². The molecule has 4 rings (SSSR count). The van der Waals surface area contributed by atoms with Crippen molar-refractivity contribution >= 4 is 82.7 Å². The van der Waals surface area contributed by atoms with Gasteiger partial charge in [-0.05, 0) is 75.3 Å². The quantitative estimate of drug-likeness (QED) is 0.0111. The molecule has 0 saturated carbocycles. The van der Waals surface area contributed by atoms with Gasteiger partial charge in [0.25, 0.3) is 41.4 Å². The zero-order valence-corrected chi connectivity index (χ0v) is 80.1. The zero-order valence-electron chi connectivity index (χ0n) is 80.1. The van der Waals surface area contributed by atoms with Gasteiger partial charge in [0, 0.05) is 25.1 Å². The van der Waals surface area contributed by atoms with Crippen LogP contribution in [0.4, 0.5) is 0 Å². The van der Waals surface area contributed by atoms with E-state index in [4.69, 9.17) is 33.2 Å². The Morgan fingerprint density at radius 1 is 0.188 bits per heavy atom. The van der Waals surface area contributed by atoms with Crippen LogP contribution in [-0.4, -0.2) is 129 Å². The molecule has 0 radical (unpaired) electrons. The van der Waals surface area contributed by atoms with Crippen LogP contribution in [0.15, 0.2) is 60.7 Å². The van der Waals surface area contributed by atoms with E-state index in [-0.39, 0.29) is 113 Å². The van der Waals surface area contributed by atoms with Gasteiger partial charge in [0.15, 0.2) is 0 Å². The summed E-state index contributed by atoms with van der Waals surface area (Å²) in [5, 5.41) is 0. The summed E-state index contributed by atoms with van der Waals surface area (Å²) in [7, 11) is 0. The summed E-state index contributed by atoms with van der Waals surface area (Å²) in [6.45, 7) is 17.3. The van der Waals surface area contributed by atoms with Gasteiger partial charge in [0.05, 0.1) is 85.2 Å². The Labute approximate surface area is 785 Å². The molecule has 0 aliphatic heterocycles. The van der Waals surface area contributed by atoms with Crippen LogP contribution in [0.25, 0.3) is 0 Å². The Morgan fingerprint density at radius 3 is 0.549 bits per heavy atom. The highest BCUT2D eigenvalue weighted by molar-refractivity contribution is 6.09. The van der Waals surface area contributed by atoms with Crippen LogP contribution in [0.1, 0.15) is 417 Å². The Kier molecular flexibility index (Phi) is 60.3. The highest BCUT2D eigenvalue weighted by Crippen LogP contribution is 2.35. The van der Waals surface area contributed by atoms with Crippen LogP contribution in [0.2, 0.25) is 0 Å². The predicted octanol–water partition coefficient (Wildman–Crippen LogP) is 15.5. The minimum Gasteiger partial charge on any atom is -0.493 e. The van der Waals surface area contributed by atoms with Gasteiger partial charge in [-0.25, -0.2) is 0 Å². The number of ether oxygens (including phenoxy) is 7. The molecule has 133 heavy (non-hydrogen) atoms. The fraction of sp³-hybridized carbons (Fsp3) is 0.612. The van der Waals surface area contributed by atoms with Crippen LogP contribution in [0, 0.1) is 0 Å². The molecule has 0 fully saturated rings. The van der Waals surface area contributed by atoms with Gasteiger partial charge in [0.1, 0.15) is 59.5 Å². The van der Waals surface area contributed by atoms with Crippen LogP contribution in [0.3, 0.4) is 0 Å². The average molecular weight is 1860 g/mol. The summed E-state index contributed by atoms with van der Waals surface area (Å²) >= 11 is 0. The minimum atomic E-state index is -1.10. The third-order valence-electron chi connectivity index (χ3n) is 21.3. The molecule has 14 N–H and O–H groups in total. The number of rotatable bonds is 69. The van der Waals surface area contributed by atoms with E-state index in [1.54, 1.807) is 18.2 Å². The summed E-state index contributed by atoms with van der Waals surface area (Å²) in [6.07, 6.45) is 36.3. The van der Waals surface area contributed by atoms with Gasteiger partial charge < -0.3 is 33.2 Å². The molecule has 0 aromatic heterocycles. The monoisotopic (exact) mass is 1860 g/mol. The van der Waals surface area contributed by atoms with Crippen molar-refractivity contribution in [2.24, 2.45) is 0 Å². The molecule has 0 saturated heterocycles. The summed E-state index contributed by atoms with van der Waals surface area (Å²) in [4.78, 5) is 191. The Bertz CT molecular complexity index is 4220. The number of nitrogens with one attached hydrogen (secondary N) is 14. The number of carbonyl (C=O) groups excluding carboxylic acids is 14. The molecule has 0 aliphatic carbocycles. The van der Waals surface area contributed by atoms with Gasteiger partial charge in [-0.1, -0.05) is 285 Å². The Balaban J connectivity index is 1.58. The van der Waals surface area contributed by atoms with E-state index in [9.17, 15) is 67.1 Å². The largest absolute Gasteiger partial charge is 0.493 e. The van der Waals surface area contributed by atoms with Crippen molar-refractivity contribution in [1.82, 2.24) is 76.0 Å². The first-order valence-electron chi connectivity index (χ1n) is 48.7. The van der Waals surface area contributed by atoms with E-state index < -0.39 is 102 Å². The van der Waals surface area contributed by atoms with Gasteiger partial charge >= 0.3 is 0 Å². The lowest BCUT2D eigenvalue weighted by molar-refractivity contribution is -0.131. The summed E-state index contributed by atoms with van der Waals surface area (Å²) in [5.41, 5.74) is 29.9. The van der Waals surface area contributed by atoms with Crippen LogP contribution >= 0.6 is 0 Å². The van der Waals surface area contributed by atoms with Gasteiger partial charge in [-0.3, -0.25) is 143 Å². The lowest BCUT2D eigenvalue weighted by atomic mass is 10.1. The number of hydrazine groups is 7. The molecule has 0 unspecified atom stereocenters. The van der Waals surface area contributed by atoms with Crippen LogP contribution < -0.4 is 109 Å². The molecule has 4 aromatic rings. The second-order valence-corrected chi connectivity index (χ2v) is 33.0. The van der Waals surface area contributed by atoms with E-state index in [0.29, 0.717) is 50.9 Å². The normalized spacial score (nSPS) is 10.7. The Hall–Kier alpha value is -11.9. The maximum atomic E-state index is 14.4. The van der Waals surface area contributed by atoms with E-state index in [1.807, 2.05) is 0 Å². The number of hydrogen-bond donors (Lipinski definition) is 14. The van der Waals surface area contributed by atoms with Crippen molar-refractivity contribution in [1.29, 1.82) is 0 Å². The minimum absolute atomic E-state index is 0.0229. The number of unbranched alkanes of at least 4 members (excludes halogenated alkanes) is 35. The Morgan fingerprint density at radius 2 is 0.353 bits per heavy atom. The van der Waals surface area contributed by atoms with Crippen molar-refractivity contribution in [2.45, 2.75) is 344 Å². The lowest BCUT2D eigenvalue weighted by Crippen LogP contribution is -2.47. The molecular weight excluding hydrogens is 1710 g/mol. The first kappa shape index (κ1) is 113. The number of para-hydroxylation sites is 1. The third kappa shape index (κ3) is 48.9. The molecule has 14 amide bonds. The number of benzene rings is 4. The molecule has 35 heteroatoms. The van der Waals surface area contributed by atoms with E-state index in [1.165, 1.54) is 37.3 Å². The van der Waals surface area contributed by atoms with Crippen molar-refractivity contribution in [2.75, 3.05) is 46.2 Å². The molecular formula is C98H152N14O21. The molecule has 0 atom stereocenters. The summed E-state index contributed by atoms with van der Waals surface area (Å²) in [5.74, 6) is -13.2. The van der Waals surface area contributed by atoms with Gasteiger partial charge in [0.2, 0.25) is 41.4 Å². The van der Waals surface area contributed by atoms with Crippen molar-refractivity contribution in [3.63, 3.8) is 0 Å². The highest BCUT2D eigenvalue weighted by Gasteiger charge is 2.29. The molecule has 0 bridgehead atoms. The molecule has 35 nitrogen and oxygen atoms in total. The van der Waals surface area contributed by atoms with Crippen molar-refractivity contribution in [3.8, 4) is 40.2 Å². The van der Waals surface area contributed by atoms with E-state index in [2.05, 4.69) is 124 Å². The predicted molar refractivity (Wildman–Crippen MR) is 507 cm³/mol. The first-order chi connectivity index (χ1) is 64.5. The van der Waals surface area contributed by atoms with Crippen molar-refractivity contribution < 1.29 is 100 Å². The number of amides is 14. The lowest BCUT2D eigenvalue weighted by Gasteiger charge is -2.18. The number of hydrogen-bond acceptors (Lipinski definition) is 21. The fourth-order valence-electron chi connectivity index (χ4n) is 13.8. The first-order valence-corrected chi connectivity index (χ1v) is 48.7. The van der Waals surface area contributed by atoms with Crippen LogP contribution in [-0.2, 0) is 33.6 Å². The fourth-order valence-corrected chi connectivity index (χ4v) is 13.8. The summed E-state index contributed by atoms with van der Waals surface area (Å²) < 4.78 is 43.1. The second-order valence-electron chi connectivity index (χ2n) is 33.0. The number of carbonyl (C=O) groups is 14. The van der Waals surface area contributed by atoms with Gasteiger partial charge in [-0.15, -0.1) is 0 Å². The van der Waals surface area contributed by atoms with Crippen molar-refractivity contribution in [3.05, 3.63) is 99.6 Å². The zero-order chi connectivity index (χ0) is 96.9. The van der Waals surface area contributed by atoms with E-state index in [0.717, 1.165) is 243 Å². The second kappa shape index (κ2) is 70.8.